The Balaban J connectivity index is 1.31. The van der Waals surface area contributed by atoms with Gasteiger partial charge in [-0.25, -0.2) is 0 Å². The van der Waals surface area contributed by atoms with Crippen molar-refractivity contribution in [3.05, 3.63) is 158 Å². The Morgan fingerprint density at radius 2 is 0.939 bits per heavy atom. The monoisotopic (exact) mass is 642 g/mol. The molecule has 0 unspecified atom stereocenters. The van der Waals surface area contributed by atoms with Crippen molar-refractivity contribution in [2.45, 2.75) is 0 Å². The maximum Gasteiger partial charge on any atom is 0.143 e. The van der Waals surface area contributed by atoms with Crippen LogP contribution in [0.15, 0.2) is 167 Å². The lowest BCUT2D eigenvalue weighted by Gasteiger charge is -2.18. The SMILES string of the molecule is c1ccc(-c2oc3cc4oc5ccccc5c4cc3c2-c2c3ccccc3c(-c3cccc4c3sc3ccccc34)c3ccccc23)cc1. The second kappa shape index (κ2) is 10.2. The second-order valence-electron chi connectivity index (χ2n) is 12.7. The van der Waals surface area contributed by atoms with E-state index in [9.17, 15) is 0 Å². The number of hydrogen-bond acceptors (Lipinski definition) is 3. The normalized spacial score (nSPS) is 12.1. The molecule has 3 heteroatoms. The van der Waals surface area contributed by atoms with Gasteiger partial charge in [-0.2, -0.15) is 0 Å². The number of hydrogen-bond donors (Lipinski definition) is 0. The van der Waals surface area contributed by atoms with E-state index in [2.05, 4.69) is 146 Å². The summed E-state index contributed by atoms with van der Waals surface area (Å²) >= 11 is 1.88. The van der Waals surface area contributed by atoms with Crippen molar-refractivity contribution in [2.24, 2.45) is 0 Å². The molecule has 11 aromatic rings. The van der Waals surface area contributed by atoms with Gasteiger partial charge in [-0.1, -0.05) is 133 Å². The molecule has 3 aromatic heterocycles. The van der Waals surface area contributed by atoms with Gasteiger partial charge in [-0.15, -0.1) is 11.3 Å². The first-order valence-electron chi connectivity index (χ1n) is 16.6. The van der Waals surface area contributed by atoms with Crippen LogP contribution in [0, 0.1) is 0 Å². The van der Waals surface area contributed by atoms with Gasteiger partial charge in [0, 0.05) is 64.7 Å². The van der Waals surface area contributed by atoms with Gasteiger partial charge in [0.05, 0.1) is 0 Å². The number of rotatable bonds is 3. The summed E-state index contributed by atoms with van der Waals surface area (Å²) in [7, 11) is 0. The standard InChI is InChI=1S/C46H26O2S/c1-2-13-27(14-3-1)45-44(37-25-36-28-15-8-10-23-38(28)47-39(36)26-40(37)48-45)43-32-19-6-4-17-30(32)42(31-18-5-7-20-33(31)43)35-22-12-21-34-29-16-9-11-24-41(29)49-46(34)35/h1-26H. The van der Waals surface area contributed by atoms with E-state index in [4.69, 9.17) is 8.83 Å². The molecule has 0 radical (unpaired) electrons. The first-order valence-corrected chi connectivity index (χ1v) is 17.4. The van der Waals surface area contributed by atoms with Gasteiger partial charge >= 0.3 is 0 Å². The van der Waals surface area contributed by atoms with Crippen molar-refractivity contribution in [1.29, 1.82) is 0 Å². The van der Waals surface area contributed by atoms with Gasteiger partial charge in [-0.05, 0) is 45.3 Å². The molecule has 2 nitrogen and oxygen atoms in total. The second-order valence-corrected chi connectivity index (χ2v) is 13.8. The Labute approximate surface area is 285 Å². The lowest BCUT2D eigenvalue weighted by Crippen LogP contribution is -1.91. The summed E-state index contributed by atoms with van der Waals surface area (Å²) in [6.45, 7) is 0. The first-order chi connectivity index (χ1) is 24.3. The van der Waals surface area contributed by atoms with Gasteiger partial charge < -0.3 is 8.83 Å². The zero-order valence-electron chi connectivity index (χ0n) is 26.2. The number of thiophene rings is 1. The predicted molar refractivity (Wildman–Crippen MR) is 208 cm³/mol. The summed E-state index contributed by atoms with van der Waals surface area (Å²) in [5, 5.41) is 10.7. The molecule has 0 saturated carbocycles. The molecular formula is C46H26O2S. The molecule has 0 amide bonds. The smallest absolute Gasteiger partial charge is 0.143 e. The van der Waals surface area contributed by atoms with E-state index < -0.39 is 0 Å². The number of para-hydroxylation sites is 1. The first kappa shape index (κ1) is 26.9. The number of fused-ring (bicyclic) bond motifs is 9. The van der Waals surface area contributed by atoms with E-state index in [0.29, 0.717) is 0 Å². The molecule has 0 aliphatic heterocycles. The molecule has 0 N–H and O–H groups in total. The van der Waals surface area contributed by atoms with Gasteiger partial charge in [0.2, 0.25) is 0 Å². The minimum atomic E-state index is 0.813. The highest BCUT2D eigenvalue weighted by Crippen LogP contribution is 2.52. The molecule has 49 heavy (non-hydrogen) atoms. The van der Waals surface area contributed by atoms with Crippen molar-refractivity contribution < 1.29 is 8.83 Å². The highest BCUT2D eigenvalue weighted by molar-refractivity contribution is 7.26. The molecular weight excluding hydrogens is 617 g/mol. The fourth-order valence-corrected chi connectivity index (χ4v) is 9.21. The Kier molecular flexibility index (Phi) is 5.57. The van der Waals surface area contributed by atoms with E-state index in [1.807, 2.05) is 23.5 Å². The average molecular weight is 643 g/mol. The Morgan fingerprint density at radius 1 is 0.347 bits per heavy atom. The van der Waals surface area contributed by atoms with Crippen LogP contribution in [0.4, 0.5) is 0 Å². The minimum absolute atomic E-state index is 0.813. The van der Waals surface area contributed by atoms with Gasteiger partial charge in [0.15, 0.2) is 0 Å². The minimum Gasteiger partial charge on any atom is -0.456 e. The number of furan rings is 2. The summed E-state index contributed by atoms with van der Waals surface area (Å²) in [6.07, 6.45) is 0. The van der Waals surface area contributed by atoms with Crippen molar-refractivity contribution in [3.63, 3.8) is 0 Å². The summed E-state index contributed by atoms with van der Waals surface area (Å²) in [6, 6.07) is 56.4. The molecule has 0 atom stereocenters. The molecule has 0 fully saturated rings. The van der Waals surface area contributed by atoms with Crippen LogP contribution >= 0.6 is 11.3 Å². The van der Waals surface area contributed by atoms with E-state index in [0.717, 1.165) is 49.8 Å². The quantitative estimate of drug-likeness (QED) is 0.179. The van der Waals surface area contributed by atoms with Crippen LogP contribution in [0.5, 0.6) is 0 Å². The van der Waals surface area contributed by atoms with Crippen molar-refractivity contribution >= 4 is 86.0 Å². The molecule has 8 aromatic carbocycles. The zero-order valence-corrected chi connectivity index (χ0v) is 27.1. The van der Waals surface area contributed by atoms with Crippen LogP contribution in [0.2, 0.25) is 0 Å². The molecule has 0 spiro atoms. The molecule has 0 saturated heterocycles. The summed E-state index contributed by atoms with van der Waals surface area (Å²) < 4.78 is 15.8. The lowest BCUT2D eigenvalue weighted by atomic mass is 9.84. The van der Waals surface area contributed by atoms with E-state index in [1.165, 1.54) is 58.4 Å². The zero-order chi connectivity index (χ0) is 32.1. The molecule has 0 aliphatic rings. The van der Waals surface area contributed by atoms with Crippen LogP contribution in [-0.2, 0) is 0 Å². The maximum atomic E-state index is 6.89. The fraction of sp³-hybridized carbons (Fsp3) is 0. The molecule has 3 heterocycles. The van der Waals surface area contributed by atoms with Crippen molar-refractivity contribution in [1.82, 2.24) is 0 Å². The summed E-state index contributed by atoms with van der Waals surface area (Å²) in [5.41, 5.74) is 8.39. The highest BCUT2D eigenvalue weighted by Gasteiger charge is 2.26. The maximum absolute atomic E-state index is 6.89. The van der Waals surface area contributed by atoms with Gasteiger partial charge in [0.1, 0.15) is 22.5 Å². The highest BCUT2D eigenvalue weighted by atomic mass is 32.1. The Morgan fingerprint density at radius 3 is 1.69 bits per heavy atom. The third-order valence-corrected chi connectivity index (χ3v) is 11.3. The van der Waals surface area contributed by atoms with Crippen molar-refractivity contribution in [2.75, 3.05) is 0 Å². The van der Waals surface area contributed by atoms with Crippen LogP contribution < -0.4 is 0 Å². The summed E-state index contributed by atoms with van der Waals surface area (Å²) in [5.74, 6) is 0.863. The molecule has 0 bridgehead atoms. The summed E-state index contributed by atoms with van der Waals surface area (Å²) in [4.78, 5) is 0. The Bertz CT molecular complexity index is 3050. The molecule has 11 rings (SSSR count). The molecule has 228 valence electrons. The largest absolute Gasteiger partial charge is 0.456 e. The van der Waals surface area contributed by atoms with E-state index >= 15 is 0 Å². The van der Waals surface area contributed by atoms with E-state index in [1.54, 1.807) is 0 Å². The van der Waals surface area contributed by atoms with Crippen LogP contribution in [0.1, 0.15) is 0 Å². The van der Waals surface area contributed by atoms with Gasteiger partial charge in [0.25, 0.3) is 0 Å². The number of benzene rings is 8. The third-order valence-electron chi connectivity index (χ3n) is 10.1. The topological polar surface area (TPSA) is 26.3 Å². The van der Waals surface area contributed by atoms with Crippen LogP contribution in [0.3, 0.4) is 0 Å². The van der Waals surface area contributed by atoms with Gasteiger partial charge in [-0.3, -0.25) is 0 Å². The fourth-order valence-electron chi connectivity index (χ4n) is 7.99. The van der Waals surface area contributed by atoms with Crippen molar-refractivity contribution in [3.8, 4) is 33.6 Å². The average Bonchev–Trinajstić information content (AvgIpc) is 3.84. The lowest BCUT2D eigenvalue weighted by molar-refractivity contribution is 0.629. The Hall–Kier alpha value is -6.16. The van der Waals surface area contributed by atoms with Crippen LogP contribution in [0.25, 0.3) is 108 Å². The third kappa shape index (κ3) is 3.82. The molecule has 0 aliphatic carbocycles. The van der Waals surface area contributed by atoms with E-state index in [-0.39, 0.29) is 0 Å². The predicted octanol–water partition coefficient (Wildman–Crippen LogP) is 14.0. The van der Waals surface area contributed by atoms with Crippen LogP contribution in [-0.4, -0.2) is 0 Å².